The number of thioether (sulfide) groups is 1. The van der Waals surface area contributed by atoms with Crippen molar-refractivity contribution in [3.63, 3.8) is 0 Å². The Kier molecular flexibility index (Phi) is 6.05. The summed E-state index contributed by atoms with van der Waals surface area (Å²) < 4.78 is 0. The van der Waals surface area contributed by atoms with Crippen LogP contribution in [-0.2, 0) is 6.54 Å². The molecule has 1 N–H and O–H groups in total. The first-order valence-corrected chi connectivity index (χ1v) is 8.26. The number of likely N-dealkylation sites (tertiary alicyclic amines) is 1. The van der Waals surface area contributed by atoms with Crippen molar-refractivity contribution in [3.05, 3.63) is 35.9 Å². The third-order valence-electron chi connectivity index (χ3n) is 3.58. The van der Waals surface area contributed by atoms with Crippen LogP contribution in [0.1, 0.15) is 18.4 Å². The molecule has 1 aromatic carbocycles. The van der Waals surface area contributed by atoms with Crippen LogP contribution in [0.4, 0.5) is 0 Å². The number of hydrogen-bond donors (Lipinski definition) is 1. The lowest BCUT2D eigenvalue weighted by Gasteiger charge is -2.32. The highest BCUT2D eigenvalue weighted by molar-refractivity contribution is 7.98. The van der Waals surface area contributed by atoms with Crippen LogP contribution in [0.3, 0.4) is 0 Å². The Morgan fingerprint density at radius 1 is 1.22 bits per heavy atom. The Balaban J connectivity index is 1.67. The van der Waals surface area contributed by atoms with Crippen LogP contribution in [0.5, 0.6) is 0 Å². The highest BCUT2D eigenvalue weighted by Crippen LogP contribution is 2.13. The van der Waals surface area contributed by atoms with E-state index >= 15 is 0 Å². The Hall–Kier alpha value is -0.510. The molecule has 0 aliphatic carbocycles. The molecular formula is C15H24N2S. The first-order chi connectivity index (χ1) is 8.88. The fourth-order valence-corrected chi connectivity index (χ4v) is 2.82. The van der Waals surface area contributed by atoms with Crippen LogP contribution in [0.2, 0.25) is 0 Å². The van der Waals surface area contributed by atoms with Crippen LogP contribution < -0.4 is 5.32 Å². The summed E-state index contributed by atoms with van der Waals surface area (Å²) in [5.41, 5.74) is 1.44. The maximum atomic E-state index is 3.66. The predicted molar refractivity (Wildman–Crippen MR) is 81.1 cm³/mol. The van der Waals surface area contributed by atoms with Gasteiger partial charge in [-0.05, 0) is 37.8 Å². The zero-order chi connectivity index (χ0) is 12.6. The molecule has 2 nitrogen and oxygen atoms in total. The van der Waals surface area contributed by atoms with Crippen molar-refractivity contribution < 1.29 is 0 Å². The molecule has 0 amide bonds. The van der Waals surface area contributed by atoms with E-state index in [0.29, 0.717) is 0 Å². The lowest BCUT2D eigenvalue weighted by atomic mass is 10.0. The van der Waals surface area contributed by atoms with Gasteiger partial charge in [-0.3, -0.25) is 4.90 Å². The lowest BCUT2D eigenvalue weighted by molar-refractivity contribution is 0.192. The van der Waals surface area contributed by atoms with Crippen molar-refractivity contribution in [2.45, 2.75) is 25.4 Å². The third kappa shape index (κ3) is 4.63. The van der Waals surface area contributed by atoms with Gasteiger partial charge in [0.2, 0.25) is 0 Å². The summed E-state index contributed by atoms with van der Waals surface area (Å²) in [7, 11) is 0. The smallest absolute Gasteiger partial charge is 0.0233 e. The molecule has 0 spiro atoms. The van der Waals surface area contributed by atoms with E-state index in [1.54, 1.807) is 0 Å². The van der Waals surface area contributed by atoms with E-state index in [9.17, 15) is 0 Å². The Morgan fingerprint density at radius 2 is 1.94 bits per heavy atom. The zero-order valence-corrected chi connectivity index (χ0v) is 12.1. The summed E-state index contributed by atoms with van der Waals surface area (Å²) in [5.74, 6) is 1.23. The van der Waals surface area contributed by atoms with Crippen molar-refractivity contribution in [3.8, 4) is 0 Å². The standard InChI is InChI=1S/C15H24N2S/c1-18-12-9-16-15-7-10-17(11-8-15)13-14-5-3-2-4-6-14/h2-6,15-16H,7-13H2,1H3. The summed E-state index contributed by atoms with van der Waals surface area (Å²) in [6.45, 7) is 4.72. The highest BCUT2D eigenvalue weighted by Gasteiger charge is 2.18. The minimum absolute atomic E-state index is 0.740. The SMILES string of the molecule is CSCCNC1CCN(Cc2ccccc2)CC1. The van der Waals surface area contributed by atoms with Gasteiger partial charge in [-0.15, -0.1) is 0 Å². The van der Waals surface area contributed by atoms with Crippen LogP contribution in [0.15, 0.2) is 30.3 Å². The molecule has 0 atom stereocenters. The first kappa shape index (κ1) is 13.9. The van der Waals surface area contributed by atoms with E-state index in [4.69, 9.17) is 0 Å². The average Bonchev–Trinajstić information content (AvgIpc) is 2.42. The van der Waals surface area contributed by atoms with Gasteiger partial charge in [0.25, 0.3) is 0 Å². The second kappa shape index (κ2) is 7.82. The van der Waals surface area contributed by atoms with E-state index in [2.05, 4.69) is 46.8 Å². The molecule has 1 heterocycles. The topological polar surface area (TPSA) is 15.3 Å². The van der Waals surface area contributed by atoms with Crippen molar-refractivity contribution in [2.75, 3.05) is 31.6 Å². The van der Waals surface area contributed by atoms with Crippen molar-refractivity contribution in [2.24, 2.45) is 0 Å². The van der Waals surface area contributed by atoms with E-state index < -0.39 is 0 Å². The minimum Gasteiger partial charge on any atom is -0.313 e. The zero-order valence-electron chi connectivity index (χ0n) is 11.3. The van der Waals surface area contributed by atoms with Gasteiger partial charge in [-0.1, -0.05) is 30.3 Å². The molecule has 0 unspecified atom stereocenters. The van der Waals surface area contributed by atoms with Gasteiger partial charge in [-0.25, -0.2) is 0 Å². The average molecular weight is 264 g/mol. The van der Waals surface area contributed by atoms with Gasteiger partial charge in [0.15, 0.2) is 0 Å². The molecule has 0 radical (unpaired) electrons. The molecule has 1 fully saturated rings. The monoisotopic (exact) mass is 264 g/mol. The van der Waals surface area contributed by atoms with Crippen molar-refractivity contribution in [1.82, 2.24) is 10.2 Å². The van der Waals surface area contributed by atoms with Crippen molar-refractivity contribution in [1.29, 1.82) is 0 Å². The van der Waals surface area contributed by atoms with Crippen LogP contribution in [0.25, 0.3) is 0 Å². The number of nitrogens with one attached hydrogen (secondary N) is 1. The number of benzene rings is 1. The van der Waals surface area contributed by atoms with Crippen LogP contribution in [-0.4, -0.2) is 42.6 Å². The molecule has 1 aliphatic rings. The Labute approximate surface area is 115 Å². The Morgan fingerprint density at radius 3 is 2.61 bits per heavy atom. The van der Waals surface area contributed by atoms with Gasteiger partial charge in [0.05, 0.1) is 0 Å². The fraction of sp³-hybridized carbons (Fsp3) is 0.600. The molecular weight excluding hydrogens is 240 g/mol. The van der Waals surface area contributed by atoms with E-state index in [1.165, 1.54) is 37.2 Å². The lowest BCUT2D eigenvalue weighted by Crippen LogP contribution is -2.42. The van der Waals surface area contributed by atoms with Gasteiger partial charge >= 0.3 is 0 Å². The van der Waals surface area contributed by atoms with Gasteiger partial charge < -0.3 is 5.32 Å². The highest BCUT2D eigenvalue weighted by atomic mass is 32.2. The van der Waals surface area contributed by atoms with Gasteiger partial charge in [0, 0.05) is 24.9 Å². The van der Waals surface area contributed by atoms with E-state index in [-0.39, 0.29) is 0 Å². The molecule has 100 valence electrons. The maximum absolute atomic E-state index is 3.66. The summed E-state index contributed by atoms with van der Waals surface area (Å²) in [4.78, 5) is 2.57. The number of rotatable bonds is 6. The quantitative estimate of drug-likeness (QED) is 0.795. The second-order valence-corrected chi connectivity index (χ2v) is 5.97. The molecule has 1 aliphatic heterocycles. The molecule has 3 heteroatoms. The summed E-state index contributed by atoms with van der Waals surface area (Å²) in [5, 5.41) is 3.66. The number of hydrogen-bond acceptors (Lipinski definition) is 3. The normalized spacial score (nSPS) is 18.1. The Bertz CT molecular complexity index is 321. The van der Waals surface area contributed by atoms with Gasteiger partial charge in [-0.2, -0.15) is 11.8 Å². The molecule has 0 bridgehead atoms. The predicted octanol–water partition coefficient (Wildman–Crippen LogP) is 2.60. The molecule has 0 saturated carbocycles. The van der Waals surface area contributed by atoms with Crippen LogP contribution >= 0.6 is 11.8 Å². The van der Waals surface area contributed by atoms with Crippen LogP contribution in [0, 0.1) is 0 Å². The number of piperidine rings is 1. The summed E-state index contributed by atoms with van der Waals surface area (Å²) in [6.07, 6.45) is 4.76. The minimum atomic E-state index is 0.740. The van der Waals surface area contributed by atoms with E-state index in [0.717, 1.165) is 19.1 Å². The first-order valence-electron chi connectivity index (χ1n) is 6.87. The summed E-state index contributed by atoms with van der Waals surface area (Å²) in [6, 6.07) is 11.5. The van der Waals surface area contributed by atoms with Gasteiger partial charge in [0.1, 0.15) is 0 Å². The fourth-order valence-electron chi connectivity index (χ4n) is 2.50. The second-order valence-electron chi connectivity index (χ2n) is 4.98. The summed E-state index contributed by atoms with van der Waals surface area (Å²) >= 11 is 1.92. The molecule has 1 saturated heterocycles. The number of nitrogens with zero attached hydrogens (tertiary/aromatic N) is 1. The molecule has 18 heavy (non-hydrogen) atoms. The largest absolute Gasteiger partial charge is 0.313 e. The molecule has 0 aromatic heterocycles. The molecule has 2 rings (SSSR count). The van der Waals surface area contributed by atoms with Crippen molar-refractivity contribution >= 4 is 11.8 Å². The van der Waals surface area contributed by atoms with E-state index in [1.807, 2.05) is 11.8 Å². The maximum Gasteiger partial charge on any atom is 0.0233 e. The third-order valence-corrected chi connectivity index (χ3v) is 4.19. The molecule has 1 aromatic rings.